The van der Waals surface area contributed by atoms with Crippen LogP contribution in [0.2, 0.25) is 0 Å². The molecule has 116 valence electrons. The van der Waals surface area contributed by atoms with Crippen LogP contribution in [0, 0.1) is 0 Å². The summed E-state index contributed by atoms with van der Waals surface area (Å²) in [4.78, 5) is 26.3. The molecule has 1 N–H and O–H groups in total. The number of hydrogen-bond acceptors (Lipinski definition) is 2. The van der Waals surface area contributed by atoms with Gasteiger partial charge in [-0.1, -0.05) is 46.0 Å². The summed E-state index contributed by atoms with van der Waals surface area (Å²) in [6.07, 6.45) is 7.80. The minimum atomic E-state index is -0.716. The Kier molecular flexibility index (Phi) is 6.50. The Balaban J connectivity index is 2.49. The van der Waals surface area contributed by atoms with Crippen LogP contribution >= 0.6 is 0 Å². The molecule has 1 aliphatic rings. The van der Waals surface area contributed by atoms with Crippen molar-refractivity contribution in [3.63, 3.8) is 0 Å². The lowest BCUT2D eigenvalue weighted by atomic mass is 9.92. The highest BCUT2D eigenvalue weighted by Gasteiger charge is 2.44. The van der Waals surface area contributed by atoms with E-state index in [9.17, 15) is 9.59 Å². The van der Waals surface area contributed by atoms with Gasteiger partial charge in [0.25, 0.3) is 0 Å². The molecule has 0 aromatic carbocycles. The van der Waals surface area contributed by atoms with Crippen LogP contribution in [0.5, 0.6) is 0 Å². The average Bonchev–Trinajstić information content (AvgIpc) is 2.43. The Morgan fingerprint density at radius 3 is 2.30 bits per heavy atom. The Morgan fingerprint density at radius 1 is 1.10 bits per heavy atom. The first-order valence-corrected chi connectivity index (χ1v) is 8.09. The minimum Gasteiger partial charge on any atom is -0.340 e. The van der Waals surface area contributed by atoms with Crippen LogP contribution in [-0.4, -0.2) is 34.8 Å². The highest BCUT2D eigenvalue weighted by molar-refractivity contribution is 5.99. The zero-order valence-corrected chi connectivity index (χ0v) is 13.5. The van der Waals surface area contributed by atoms with Crippen LogP contribution in [0.4, 0.5) is 0 Å². The Bertz CT molecular complexity index is 343. The van der Waals surface area contributed by atoms with E-state index < -0.39 is 5.54 Å². The topological polar surface area (TPSA) is 49.4 Å². The van der Waals surface area contributed by atoms with Crippen LogP contribution in [0.25, 0.3) is 0 Å². The lowest BCUT2D eigenvalue weighted by Crippen LogP contribution is -2.68. The third-order valence-corrected chi connectivity index (χ3v) is 4.44. The molecule has 2 amide bonds. The van der Waals surface area contributed by atoms with Crippen LogP contribution in [0.15, 0.2) is 0 Å². The maximum atomic E-state index is 12.5. The molecule has 1 rings (SSSR count). The summed E-state index contributed by atoms with van der Waals surface area (Å²) >= 11 is 0. The van der Waals surface area contributed by atoms with Crippen molar-refractivity contribution >= 4 is 11.8 Å². The van der Waals surface area contributed by atoms with Gasteiger partial charge in [-0.2, -0.15) is 0 Å². The second kappa shape index (κ2) is 7.65. The van der Waals surface area contributed by atoms with E-state index in [-0.39, 0.29) is 17.9 Å². The smallest absolute Gasteiger partial charge is 0.248 e. The van der Waals surface area contributed by atoms with Gasteiger partial charge in [0.1, 0.15) is 11.6 Å². The molecule has 0 aromatic rings. The maximum absolute atomic E-state index is 12.5. The van der Waals surface area contributed by atoms with Crippen molar-refractivity contribution < 1.29 is 9.59 Å². The molecule has 1 heterocycles. The second-order valence-electron chi connectivity index (χ2n) is 6.12. The predicted molar refractivity (Wildman–Crippen MR) is 81.4 cm³/mol. The quantitative estimate of drug-likeness (QED) is 0.696. The van der Waals surface area contributed by atoms with Crippen molar-refractivity contribution in [2.45, 2.75) is 84.2 Å². The Morgan fingerprint density at radius 2 is 1.70 bits per heavy atom. The summed E-state index contributed by atoms with van der Waals surface area (Å²) in [5.41, 5.74) is -0.716. The molecule has 2 unspecified atom stereocenters. The summed E-state index contributed by atoms with van der Waals surface area (Å²) < 4.78 is 0. The molecule has 20 heavy (non-hydrogen) atoms. The highest BCUT2D eigenvalue weighted by Crippen LogP contribution is 2.22. The molecule has 0 bridgehead atoms. The number of unbranched alkanes of at least 4 members (excludes halogenated alkanes) is 5. The molecule has 2 atom stereocenters. The standard InChI is InChI=1S/C16H30N2O2/c1-5-7-8-9-10-11-12-18-13(3)14(19)17-16(4,6-2)15(18)20/h13H,5-12H2,1-4H3,(H,17,19). The van der Waals surface area contributed by atoms with Crippen LogP contribution < -0.4 is 5.32 Å². The number of nitrogens with one attached hydrogen (secondary N) is 1. The Labute approximate surface area is 123 Å². The minimum absolute atomic E-state index is 0.0278. The van der Waals surface area contributed by atoms with Gasteiger partial charge in [-0.05, 0) is 26.7 Å². The van der Waals surface area contributed by atoms with Gasteiger partial charge in [0.15, 0.2) is 0 Å². The molecule has 0 aromatic heterocycles. The zero-order valence-electron chi connectivity index (χ0n) is 13.5. The zero-order chi connectivity index (χ0) is 15.2. The van der Waals surface area contributed by atoms with E-state index in [1.807, 2.05) is 20.8 Å². The van der Waals surface area contributed by atoms with Crippen molar-refractivity contribution in [1.82, 2.24) is 10.2 Å². The van der Waals surface area contributed by atoms with E-state index in [2.05, 4.69) is 12.2 Å². The molecular formula is C16H30N2O2. The number of nitrogens with zero attached hydrogens (tertiary/aromatic N) is 1. The van der Waals surface area contributed by atoms with Crippen molar-refractivity contribution in [3.8, 4) is 0 Å². The number of carbonyl (C=O) groups is 2. The van der Waals surface area contributed by atoms with Crippen molar-refractivity contribution in [2.75, 3.05) is 6.54 Å². The number of rotatable bonds is 8. The first-order valence-electron chi connectivity index (χ1n) is 8.09. The molecule has 1 fully saturated rings. The van der Waals surface area contributed by atoms with Gasteiger partial charge in [0.2, 0.25) is 11.8 Å². The van der Waals surface area contributed by atoms with Crippen LogP contribution in [0.3, 0.4) is 0 Å². The lowest BCUT2D eigenvalue weighted by Gasteiger charge is -2.43. The predicted octanol–water partition coefficient (Wildman–Crippen LogP) is 2.86. The lowest BCUT2D eigenvalue weighted by molar-refractivity contribution is -0.153. The summed E-state index contributed by atoms with van der Waals surface area (Å²) in [6.45, 7) is 8.50. The molecular weight excluding hydrogens is 252 g/mol. The third kappa shape index (κ3) is 3.97. The van der Waals surface area contributed by atoms with Gasteiger partial charge in [-0.25, -0.2) is 0 Å². The van der Waals surface area contributed by atoms with Gasteiger partial charge in [0, 0.05) is 6.54 Å². The fraction of sp³-hybridized carbons (Fsp3) is 0.875. The maximum Gasteiger partial charge on any atom is 0.248 e. The SMILES string of the molecule is CCCCCCCCN1C(=O)C(C)(CC)NC(=O)C1C. The van der Waals surface area contributed by atoms with Crippen LogP contribution in [-0.2, 0) is 9.59 Å². The molecule has 0 saturated carbocycles. The number of hydrogen-bond donors (Lipinski definition) is 1. The summed E-state index contributed by atoms with van der Waals surface area (Å²) in [5.74, 6) is 0.0422. The van der Waals surface area contributed by atoms with Gasteiger partial charge in [-0.3, -0.25) is 9.59 Å². The molecule has 0 aliphatic carbocycles. The fourth-order valence-corrected chi connectivity index (χ4v) is 2.66. The monoisotopic (exact) mass is 282 g/mol. The number of piperazine rings is 1. The molecule has 1 saturated heterocycles. The average molecular weight is 282 g/mol. The van der Waals surface area contributed by atoms with E-state index in [1.54, 1.807) is 4.90 Å². The van der Waals surface area contributed by atoms with Gasteiger partial charge in [0.05, 0.1) is 0 Å². The van der Waals surface area contributed by atoms with E-state index in [0.29, 0.717) is 13.0 Å². The summed E-state index contributed by atoms with van der Waals surface area (Å²) in [6, 6.07) is -0.335. The number of amides is 2. The van der Waals surface area contributed by atoms with Gasteiger partial charge in [-0.15, -0.1) is 0 Å². The number of carbonyl (C=O) groups excluding carboxylic acids is 2. The largest absolute Gasteiger partial charge is 0.340 e. The molecule has 4 heteroatoms. The highest BCUT2D eigenvalue weighted by atomic mass is 16.2. The summed E-state index contributed by atoms with van der Waals surface area (Å²) in [5, 5.41) is 2.86. The van der Waals surface area contributed by atoms with E-state index in [0.717, 1.165) is 12.8 Å². The van der Waals surface area contributed by atoms with Crippen LogP contribution in [0.1, 0.15) is 72.6 Å². The first kappa shape index (κ1) is 17.0. The molecule has 1 aliphatic heterocycles. The first-order chi connectivity index (χ1) is 9.46. The van der Waals surface area contributed by atoms with Crippen molar-refractivity contribution in [2.24, 2.45) is 0 Å². The fourth-order valence-electron chi connectivity index (χ4n) is 2.66. The Hall–Kier alpha value is -1.06. The van der Waals surface area contributed by atoms with Crippen molar-refractivity contribution in [1.29, 1.82) is 0 Å². The molecule has 4 nitrogen and oxygen atoms in total. The summed E-state index contributed by atoms with van der Waals surface area (Å²) in [7, 11) is 0. The van der Waals surface area contributed by atoms with E-state index in [4.69, 9.17) is 0 Å². The van der Waals surface area contributed by atoms with Gasteiger partial charge >= 0.3 is 0 Å². The molecule has 0 radical (unpaired) electrons. The third-order valence-electron chi connectivity index (χ3n) is 4.44. The van der Waals surface area contributed by atoms with E-state index >= 15 is 0 Å². The van der Waals surface area contributed by atoms with Gasteiger partial charge < -0.3 is 10.2 Å². The van der Waals surface area contributed by atoms with E-state index in [1.165, 1.54) is 25.7 Å². The molecule has 0 spiro atoms. The van der Waals surface area contributed by atoms with Crippen molar-refractivity contribution in [3.05, 3.63) is 0 Å². The second-order valence-corrected chi connectivity index (χ2v) is 6.12. The normalized spacial score (nSPS) is 26.8.